The molecule has 0 rings (SSSR count). The fraction of sp³-hybridized carbons (Fsp3) is 0.722. The summed E-state index contributed by atoms with van der Waals surface area (Å²) in [6.07, 6.45) is 19.2. The van der Waals surface area contributed by atoms with Crippen molar-refractivity contribution in [3.63, 3.8) is 0 Å². The largest absolute Gasteiger partial charge is 0.355 e. The molecule has 0 saturated carbocycles. The van der Waals surface area contributed by atoms with Crippen LogP contribution < -0.4 is 0 Å². The van der Waals surface area contributed by atoms with Crippen molar-refractivity contribution in [2.75, 3.05) is 0 Å². The monoisotopic (exact) mass is 279 g/mol. The standard InChI is InChI=1S/C18H31O2/c1-17(2)15-13-11-9-7-5-3-4-6-8-10-12-14-16-18(19)20/h3,5,9,11,17H,4,6-8,10,12-16H2,1-2H3/b5-3-,11-9-. The molecule has 0 unspecified atom stereocenters. The molecule has 0 bridgehead atoms. The molecule has 0 aliphatic carbocycles. The first-order chi connectivity index (χ1) is 9.63. The van der Waals surface area contributed by atoms with E-state index < -0.39 is 5.97 Å². The number of allylic oxidation sites excluding steroid dienone is 4. The molecule has 2 nitrogen and oxygen atoms in total. The van der Waals surface area contributed by atoms with Gasteiger partial charge in [-0.05, 0) is 44.4 Å². The highest BCUT2D eigenvalue weighted by atomic mass is 16.4. The summed E-state index contributed by atoms with van der Waals surface area (Å²) in [4.78, 5) is 10.2. The first kappa shape index (κ1) is 18.9. The van der Waals surface area contributed by atoms with Crippen LogP contribution in [0.1, 0.15) is 78.1 Å². The average Bonchev–Trinajstić information content (AvgIpc) is 2.38. The highest BCUT2D eigenvalue weighted by Gasteiger charge is 1.97. The van der Waals surface area contributed by atoms with Gasteiger partial charge in [0.2, 0.25) is 0 Å². The molecular formula is C18H31O2. The molecule has 0 aromatic rings. The van der Waals surface area contributed by atoms with Gasteiger partial charge in [-0.1, -0.05) is 57.4 Å². The molecular weight excluding hydrogens is 248 g/mol. The van der Waals surface area contributed by atoms with E-state index in [-0.39, 0.29) is 6.42 Å². The summed E-state index contributed by atoms with van der Waals surface area (Å²) < 4.78 is 0. The second kappa shape index (κ2) is 14.4. The van der Waals surface area contributed by atoms with Gasteiger partial charge in [-0.3, -0.25) is 0 Å². The second-order valence-corrected chi connectivity index (χ2v) is 5.83. The Morgan fingerprint density at radius 2 is 1.45 bits per heavy atom. The Bertz CT molecular complexity index is 277. The smallest absolute Gasteiger partial charge is 0.247 e. The molecule has 0 N–H and O–H groups in total. The first-order valence-corrected chi connectivity index (χ1v) is 8.12. The van der Waals surface area contributed by atoms with Crippen molar-refractivity contribution in [1.82, 2.24) is 0 Å². The summed E-state index contributed by atoms with van der Waals surface area (Å²) in [5, 5.41) is 10.2. The van der Waals surface area contributed by atoms with E-state index >= 15 is 0 Å². The lowest BCUT2D eigenvalue weighted by Gasteiger charge is -1.98. The predicted octanol–water partition coefficient (Wildman–Crippen LogP) is 5.61. The molecule has 0 amide bonds. The van der Waals surface area contributed by atoms with Crippen LogP contribution in [0.15, 0.2) is 24.3 Å². The van der Waals surface area contributed by atoms with Gasteiger partial charge in [0.05, 0.1) is 6.42 Å². The van der Waals surface area contributed by atoms with Crippen molar-refractivity contribution in [2.24, 2.45) is 5.92 Å². The molecule has 0 heterocycles. The summed E-state index contributed by atoms with van der Waals surface area (Å²) >= 11 is 0. The van der Waals surface area contributed by atoms with E-state index in [0.717, 1.165) is 38.0 Å². The summed E-state index contributed by atoms with van der Waals surface area (Å²) in [7, 11) is 0. The molecule has 115 valence electrons. The minimum atomic E-state index is -0.922. The van der Waals surface area contributed by atoms with E-state index in [4.69, 9.17) is 0 Å². The zero-order valence-electron chi connectivity index (χ0n) is 13.3. The quantitative estimate of drug-likeness (QED) is 0.319. The van der Waals surface area contributed by atoms with Crippen LogP contribution >= 0.6 is 0 Å². The fourth-order valence-corrected chi connectivity index (χ4v) is 2.00. The van der Waals surface area contributed by atoms with Crippen LogP contribution in [0.3, 0.4) is 0 Å². The molecule has 0 aromatic carbocycles. The Hall–Kier alpha value is -1.05. The Morgan fingerprint density at radius 1 is 0.850 bits per heavy atom. The highest BCUT2D eigenvalue weighted by molar-refractivity contribution is 5.66. The van der Waals surface area contributed by atoms with Gasteiger partial charge in [-0.25, -0.2) is 9.90 Å². The highest BCUT2D eigenvalue weighted by Crippen LogP contribution is 2.08. The van der Waals surface area contributed by atoms with E-state index in [0.29, 0.717) is 0 Å². The number of hydrogen-bond acceptors (Lipinski definition) is 1. The van der Waals surface area contributed by atoms with E-state index in [2.05, 4.69) is 38.2 Å². The lowest BCUT2D eigenvalue weighted by Crippen LogP contribution is -1.91. The van der Waals surface area contributed by atoms with Gasteiger partial charge in [0, 0.05) is 0 Å². The van der Waals surface area contributed by atoms with Crippen LogP contribution in [0.25, 0.3) is 0 Å². The lowest BCUT2D eigenvalue weighted by molar-refractivity contribution is -0.143. The van der Waals surface area contributed by atoms with Crippen LogP contribution in [0, 0.1) is 5.92 Å². The molecule has 0 spiro atoms. The summed E-state index contributed by atoms with van der Waals surface area (Å²) in [6.45, 7) is 4.51. The summed E-state index contributed by atoms with van der Waals surface area (Å²) in [5.41, 5.74) is 0. The molecule has 0 saturated heterocycles. The van der Waals surface area contributed by atoms with Crippen molar-refractivity contribution < 1.29 is 9.90 Å². The molecule has 0 aliphatic heterocycles. The molecule has 2 heteroatoms. The number of unbranched alkanes of at least 4 members (excludes halogenated alkanes) is 5. The third-order valence-electron chi connectivity index (χ3n) is 3.27. The molecule has 1 radical (unpaired) electrons. The number of rotatable bonds is 13. The van der Waals surface area contributed by atoms with Gasteiger partial charge in [0.1, 0.15) is 0 Å². The topological polar surface area (TPSA) is 37.0 Å². The van der Waals surface area contributed by atoms with Crippen LogP contribution in [0.4, 0.5) is 0 Å². The van der Waals surface area contributed by atoms with Gasteiger partial charge in [-0.15, -0.1) is 0 Å². The molecule has 0 fully saturated rings. The molecule has 0 aliphatic rings. The maximum absolute atomic E-state index is 10.2. The summed E-state index contributed by atoms with van der Waals surface area (Å²) in [5.74, 6) is -0.128. The summed E-state index contributed by atoms with van der Waals surface area (Å²) in [6, 6.07) is 0. The number of hydrogen-bond donors (Lipinski definition) is 0. The van der Waals surface area contributed by atoms with E-state index in [9.17, 15) is 9.90 Å². The fourth-order valence-electron chi connectivity index (χ4n) is 2.00. The lowest BCUT2D eigenvalue weighted by atomic mass is 10.1. The van der Waals surface area contributed by atoms with Crippen molar-refractivity contribution in [3.05, 3.63) is 24.3 Å². The first-order valence-electron chi connectivity index (χ1n) is 8.12. The predicted molar refractivity (Wildman–Crippen MR) is 85.0 cm³/mol. The number of carbonyl (C=O) groups is 1. The molecule has 0 atom stereocenters. The normalized spacial score (nSPS) is 11.9. The molecule has 0 aromatic heterocycles. The van der Waals surface area contributed by atoms with Crippen LogP contribution in [-0.2, 0) is 9.90 Å². The van der Waals surface area contributed by atoms with Gasteiger partial charge in [0.15, 0.2) is 0 Å². The van der Waals surface area contributed by atoms with Gasteiger partial charge in [0.25, 0.3) is 0 Å². The number of carbonyl (C=O) groups excluding carboxylic acids is 1. The van der Waals surface area contributed by atoms with Crippen LogP contribution in [-0.4, -0.2) is 5.97 Å². The average molecular weight is 279 g/mol. The SMILES string of the molecule is CC(C)CC/C=C\C/C=C\CCCCCCCC([O])=O. The van der Waals surface area contributed by atoms with E-state index in [1.165, 1.54) is 25.7 Å². The minimum absolute atomic E-state index is 0.211. The van der Waals surface area contributed by atoms with Crippen molar-refractivity contribution in [2.45, 2.75) is 78.1 Å². The van der Waals surface area contributed by atoms with Crippen molar-refractivity contribution >= 4 is 5.97 Å². The van der Waals surface area contributed by atoms with Crippen molar-refractivity contribution in [1.29, 1.82) is 0 Å². The Labute approximate surface area is 125 Å². The van der Waals surface area contributed by atoms with Crippen LogP contribution in [0.2, 0.25) is 0 Å². The second-order valence-electron chi connectivity index (χ2n) is 5.83. The maximum atomic E-state index is 10.2. The Morgan fingerprint density at radius 3 is 2.10 bits per heavy atom. The third kappa shape index (κ3) is 16.9. The Balaban J connectivity index is 3.21. The van der Waals surface area contributed by atoms with E-state index in [1.54, 1.807) is 0 Å². The van der Waals surface area contributed by atoms with Crippen LogP contribution in [0.5, 0.6) is 0 Å². The minimum Gasteiger partial charge on any atom is -0.247 e. The van der Waals surface area contributed by atoms with Gasteiger partial charge >= 0.3 is 5.97 Å². The van der Waals surface area contributed by atoms with Gasteiger partial charge in [-0.2, -0.15) is 0 Å². The zero-order chi connectivity index (χ0) is 15.1. The van der Waals surface area contributed by atoms with E-state index in [1.807, 2.05) is 0 Å². The van der Waals surface area contributed by atoms with Crippen molar-refractivity contribution in [3.8, 4) is 0 Å². The maximum Gasteiger partial charge on any atom is 0.355 e. The zero-order valence-corrected chi connectivity index (χ0v) is 13.3. The third-order valence-corrected chi connectivity index (χ3v) is 3.27. The van der Waals surface area contributed by atoms with Gasteiger partial charge < -0.3 is 0 Å². The molecule has 20 heavy (non-hydrogen) atoms. The Kier molecular flexibility index (Phi) is 13.6.